The number of carbonyl (C=O) groups excluding carboxylic acids is 1. The highest BCUT2D eigenvalue weighted by Crippen LogP contribution is 2.33. The lowest BCUT2D eigenvalue weighted by Crippen LogP contribution is -2.44. The van der Waals surface area contributed by atoms with Crippen LogP contribution in [0.5, 0.6) is 0 Å². The molecule has 0 N–H and O–H groups in total. The van der Waals surface area contributed by atoms with Gasteiger partial charge < -0.3 is 23.7 Å². The zero-order chi connectivity index (χ0) is 24.1. The summed E-state index contributed by atoms with van der Waals surface area (Å²) in [5, 5.41) is 0. The minimum absolute atomic E-state index is 0.00589. The molecule has 0 rings (SSSR count). The first kappa shape index (κ1) is 31.0. The second kappa shape index (κ2) is 20.6. The normalized spacial score (nSPS) is 12.7. The number of hydrogen-bond donors (Lipinski definition) is 0. The van der Waals surface area contributed by atoms with Crippen molar-refractivity contribution in [2.24, 2.45) is 5.92 Å². The third-order valence-corrected chi connectivity index (χ3v) is 5.97. The fourth-order valence-electron chi connectivity index (χ4n) is 4.00. The van der Waals surface area contributed by atoms with Crippen LogP contribution in [0.3, 0.4) is 0 Å². The Kier molecular flexibility index (Phi) is 20.0. The van der Waals surface area contributed by atoms with Crippen molar-refractivity contribution in [3.8, 4) is 0 Å². The van der Waals surface area contributed by atoms with E-state index in [9.17, 15) is 4.79 Å². The number of ether oxygens (including phenoxy) is 5. The van der Waals surface area contributed by atoms with Crippen LogP contribution in [0.25, 0.3) is 0 Å². The van der Waals surface area contributed by atoms with Crippen molar-refractivity contribution >= 4 is 5.97 Å². The van der Waals surface area contributed by atoms with Gasteiger partial charge in [-0.2, -0.15) is 0 Å². The number of unbranched alkanes of at least 4 members (excludes halogenated alkanes) is 10. The molecule has 6 nitrogen and oxygen atoms in total. The Morgan fingerprint density at radius 2 is 1.25 bits per heavy atom. The van der Waals surface area contributed by atoms with Gasteiger partial charge in [-0.1, -0.05) is 84.1 Å². The molecule has 0 aromatic heterocycles. The summed E-state index contributed by atoms with van der Waals surface area (Å²) >= 11 is 0. The third kappa shape index (κ3) is 14.2. The maximum absolute atomic E-state index is 11.2. The molecule has 0 saturated carbocycles. The molecule has 0 aliphatic heterocycles. The van der Waals surface area contributed by atoms with Gasteiger partial charge in [0.05, 0.1) is 6.61 Å². The average molecular weight is 459 g/mol. The lowest BCUT2D eigenvalue weighted by atomic mass is 9.91. The van der Waals surface area contributed by atoms with Gasteiger partial charge in [0.25, 0.3) is 5.97 Å². The maximum atomic E-state index is 11.2. The Labute approximate surface area is 197 Å². The Hall–Kier alpha value is -0.950. The van der Waals surface area contributed by atoms with Crippen molar-refractivity contribution in [3.05, 3.63) is 12.2 Å². The molecule has 0 spiro atoms. The third-order valence-electron chi connectivity index (χ3n) is 5.97. The van der Waals surface area contributed by atoms with E-state index in [1.807, 2.05) is 0 Å². The standard InChI is InChI=1S/C26H50O6/c1-7-8-9-10-13-16-19-24(26(28-4,29-5)30-6)20-17-14-11-12-15-18-21-31-22-32-25(27)23(2)3/h24H,2,7-22H2,1,3-6H3. The van der Waals surface area contributed by atoms with Crippen LogP contribution in [-0.2, 0) is 28.5 Å². The van der Waals surface area contributed by atoms with Gasteiger partial charge in [-0.25, -0.2) is 4.79 Å². The van der Waals surface area contributed by atoms with Crippen molar-refractivity contribution in [2.75, 3.05) is 34.7 Å². The summed E-state index contributed by atoms with van der Waals surface area (Å²) < 4.78 is 27.2. The lowest BCUT2D eigenvalue weighted by Gasteiger charge is -2.36. The molecule has 0 aliphatic carbocycles. The van der Waals surface area contributed by atoms with Crippen molar-refractivity contribution in [1.82, 2.24) is 0 Å². The predicted molar refractivity (Wildman–Crippen MR) is 129 cm³/mol. The monoisotopic (exact) mass is 458 g/mol. The molecule has 0 amide bonds. The SMILES string of the molecule is C=C(C)C(=O)OCOCCCCCCCCC(CCCCCCCC)C(OC)(OC)OC. The first-order valence-corrected chi connectivity index (χ1v) is 12.5. The van der Waals surface area contributed by atoms with E-state index in [4.69, 9.17) is 23.7 Å². The van der Waals surface area contributed by atoms with E-state index in [-0.39, 0.29) is 12.7 Å². The number of esters is 1. The van der Waals surface area contributed by atoms with Crippen molar-refractivity contribution < 1.29 is 28.5 Å². The number of hydrogen-bond acceptors (Lipinski definition) is 6. The van der Waals surface area contributed by atoms with Crippen LogP contribution >= 0.6 is 0 Å². The molecule has 0 radical (unpaired) electrons. The first-order chi connectivity index (χ1) is 15.5. The van der Waals surface area contributed by atoms with Crippen molar-refractivity contribution in [1.29, 1.82) is 0 Å². The Morgan fingerprint density at radius 1 is 0.781 bits per heavy atom. The van der Waals surface area contributed by atoms with E-state index in [0.29, 0.717) is 12.2 Å². The van der Waals surface area contributed by atoms with Crippen molar-refractivity contribution in [2.45, 2.75) is 110 Å². The number of rotatable bonds is 23. The Balaban J connectivity index is 4.02. The van der Waals surface area contributed by atoms with Gasteiger partial charge in [0.2, 0.25) is 0 Å². The van der Waals surface area contributed by atoms with Gasteiger partial charge in [0, 0.05) is 32.8 Å². The van der Waals surface area contributed by atoms with E-state index in [2.05, 4.69) is 13.5 Å². The smallest absolute Gasteiger partial charge is 0.335 e. The topological polar surface area (TPSA) is 63.2 Å². The number of carbonyl (C=O) groups is 1. The molecule has 6 heteroatoms. The summed E-state index contributed by atoms with van der Waals surface area (Å²) in [4.78, 5) is 11.2. The summed E-state index contributed by atoms with van der Waals surface area (Å²) in [6.45, 7) is 8.03. The molecule has 1 atom stereocenters. The number of methoxy groups -OCH3 is 3. The molecule has 32 heavy (non-hydrogen) atoms. The van der Waals surface area contributed by atoms with Crippen LogP contribution in [0.4, 0.5) is 0 Å². The summed E-state index contributed by atoms with van der Waals surface area (Å²) in [6.07, 6.45) is 16.6. The highest BCUT2D eigenvalue weighted by atomic mass is 16.9. The first-order valence-electron chi connectivity index (χ1n) is 12.5. The van der Waals surface area contributed by atoms with E-state index < -0.39 is 11.9 Å². The Bertz CT molecular complexity index is 453. The highest BCUT2D eigenvalue weighted by Gasteiger charge is 2.39. The van der Waals surface area contributed by atoms with Crippen LogP contribution < -0.4 is 0 Å². The predicted octanol–water partition coefficient (Wildman–Crippen LogP) is 6.77. The fourth-order valence-corrected chi connectivity index (χ4v) is 4.00. The van der Waals surface area contributed by atoms with Gasteiger partial charge in [-0.3, -0.25) is 0 Å². The summed E-state index contributed by atoms with van der Waals surface area (Å²) in [5.41, 5.74) is 0.390. The molecule has 0 fully saturated rings. The zero-order valence-electron chi connectivity index (χ0n) is 21.5. The van der Waals surface area contributed by atoms with Crippen LogP contribution in [0.1, 0.15) is 104 Å². The summed E-state index contributed by atoms with van der Waals surface area (Å²) in [6, 6.07) is 0. The molecule has 0 heterocycles. The largest absolute Gasteiger partial charge is 0.435 e. The molecule has 0 aromatic rings. The Morgan fingerprint density at radius 3 is 1.72 bits per heavy atom. The van der Waals surface area contributed by atoms with Gasteiger partial charge in [0.15, 0.2) is 6.79 Å². The van der Waals surface area contributed by atoms with E-state index >= 15 is 0 Å². The molecular formula is C26H50O6. The minimum atomic E-state index is -0.936. The summed E-state index contributed by atoms with van der Waals surface area (Å²) in [5.74, 6) is -1.10. The van der Waals surface area contributed by atoms with Crippen LogP contribution in [-0.4, -0.2) is 46.7 Å². The quantitative estimate of drug-likeness (QED) is 0.0728. The van der Waals surface area contributed by atoms with Crippen LogP contribution in [0, 0.1) is 5.92 Å². The zero-order valence-corrected chi connectivity index (χ0v) is 21.5. The van der Waals surface area contributed by atoms with E-state index in [0.717, 1.165) is 32.1 Å². The average Bonchev–Trinajstić information content (AvgIpc) is 2.80. The van der Waals surface area contributed by atoms with Crippen LogP contribution in [0.15, 0.2) is 12.2 Å². The highest BCUT2D eigenvalue weighted by molar-refractivity contribution is 5.86. The van der Waals surface area contributed by atoms with Gasteiger partial charge in [-0.15, -0.1) is 0 Å². The second-order valence-corrected chi connectivity index (χ2v) is 8.62. The summed E-state index contributed by atoms with van der Waals surface area (Å²) in [7, 11) is 5.01. The maximum Gasteiger partial charge on any atom is 0.335 e. The molecule has 0 bridgehead atoms. The van der Waals surface area contributed by atoms with Gasteiger partial charge in [0.1, 0.15) is 0 Å². The minimum Gasteiger partial charge on any atom is -0.435 e. The fraction of sp³-hybridized carbons (Fsp3) is 0.885. The second-order valence-electron chi connectivity index (χ2n) is 8.62. The molecule has 190 valence electrons. The van der Waals surface area contributed by atoms with Gasteiger partial charge >= 0.3 is 5.97 Å². The van der Waals surface area contributed by atoms with Crippen LogP contribution in [0.2, 0.25) is 0 Å². The lowest BCUT2D eigenvalue weighted by molar-refractivity contribution is -0.380. The van der Waals surface area contributed by atoms with E-state index in [1.165, 1.54) is 57.8 Å². The van der Waals surface area contributed by atoms with Gasteiger partial charge in [-0.05, 0) is 26.2 Å². The molecule has 0 aromatic carbocycles. The molecule has 1 unspecified atom stereocenters. The molecule has 0 aliphatic rings. The molecule has 0 saturated heterocycles. The van der Waals surface area contributed by atoms with Crippen molar-refractivity contribution in [3.63, 3.8) is 0 Å². The van der Waals surface area contributed by atoms with E-state index in [1.54, 1.807) is 28.3 Å². The molecular weight excluding hydrogens is 408 g/mol.